The summed E-state index contributed by atoms with van der Waals surface area (Å²) in [6.07, 6.45) is 2.04. The summed E-state index contributed by atoms with van der Waals surface area (Å²) in [4.78, 5) is 0. The molecular weight excluding hydrogens is 327 g/mol. The van der Waals surface area contributed by atoms with Crippen molar-refractivity contribution in [1.29, 1.82) is 0 Å². The van der Waals surface area contributed by atoms with Crippen molar-refractivity contribution >= 4 is 21.5 Å². The summed E-state index contributed by atoms with van der Waals surface area (Å²) in [5.74, 6) is 2.91. The second-order valence-corrected chi connectivity index (χ2v) is 14.1. The van der Waals surface area contributed by atoms with Gasteiger partial charge in [0.25, 0.3) is 0 Å². The maximum Gasteiger partial charge on any atom is 0.487 e. The average Bonchev–Trinajstić information content (AvgIpc) is 2.63. The van der Waals surface area contributed by atoms with Gasteiger partial charge in [-0.3, -0.25) is 0 Å². The summed E-state index contributed by atoms with van der Waals surface area (Å²) in [7, 11) is -2.15. The number of hydrogen-bond donors (Lipinski definition) is 0. The molecule has 2 rings (SSSR count). The van der Waals surface area contributed by atoms with Crippen LogP contribution in [0.3, 0.4) is 0 Å². The van der Waals surface area contributed by atoms with Crippen molar-refractivity contribution in [2.45, 2.75) is 77.8 Å². The first-order valence-corrected chi connectivity index (χ1v) is 12.0. The van der Waals surface area contributed by atoms with E-state index in [4.69, 9.17) is 13.7 Å². The molecule has 1 aliphatic heterocycles. The lowest BCUT2D eigenvalue weighted by Crippen LogP contribution is -2.43. The summed E-state index contributed by atoms with van der Waals surface area (Å²) < 4.78 is 18.4. The molecule has 1 saturated heterocycles. The Morgan fingerprint density at radius 3 is 2.12 bits per heavy atom. The Morgan fingerprint density at radius 1 is 1.04 bits per heavy atom. The molecule has 1 aromatic carbocycles. The number of benzene rings is 1. The molecule has 0 saturated carbocycles. The van der Waals surface area contributed by atoms with Crippen LogP contribution in [0.1, 0.15) is 54.0 Å². The normalized spacial score (nSPS) is 20.3. The SMILES string of the molecule is CC1(C)OB(/C=C/c2cccc(O[Si](C)(C)C(C)(C)C)c2)OC1(C)C. The van der Waals surface area contributed by atoms with Crippen LogP contribution in [0.4, 0.5) is 0 Å². The second-order valence-electron chi connectivity index (χ2n) is 9.42. The second kappa shape index (κ2) is 6.60. The first kappa shape index (κ1) is 20.3. The molecule has 1 aromatic rings. The third-order valence-corrected chi connectivity index (χ3v) is 10.1. The molecule has 0 unspecified atom stereocenters. The van der Waals surface area contributed by atoms with Gasteiger partial charge in [-0.05, 0) is 63.5 Å². The summed E-state index contributed by atoms with van der Waals surface area (Å²) in [6.45, 7) is 19.5. The molecule has 138 valence electrons. The van der Waals surface area contributed by atoms with Crippen molar-refractivity contribution in [2.24, 2.45) is 0 Å². The van der Waals surface area contributed by atoms with Crippen molar-refractivity contribution in [1.82, 2.24) is 0 Å². The highest BCUT2D eigenvalue weighted by Gasteiger charge is 2.50. The van der Waals surface area contributed by atoms with Gasteiger partial charge in [-0.1, -0.05) is 45.0 Å². The van der Waals surface area contributed by atoms with Crippen molar-refractivity contribution in [3.05, 3.63) is 35.8 Å². The first-order valence-electron chi connectivity index (χ1n) is 9.06. The Hall–Kier alpha value is -1.04. The van der Waals surface area contributed by atoms with E-state index in [0.29, 0.717) is 0 Å². The molecule has 0 N–H and O–H groups in total. The molecule has 0 atom stereocenters. The van der Waals surface area contributed by atoms with Gasteiger partial charge in [0.15, 0.2) is 0 Å². The Kier molecular flexibility index (Phi) is 5.35. The van der Waals surface area contributed by atoms with Crippen molar-refractivity contribution < 1.29 is 13.7 Å². The summed E-state index contributed by atoms with van der Waals surface area (Å²) in [6, 6.07) is 8.22. The van der Waals surface area contributed by atoms with Crippen LogP contribution in [0.2, 0.25) is 18.1 Å². The predicted octanol–water partition coefficient (Wildman–Crippen LogP) is 5.72. The summed E-state index contributed by atoms with van der Waals surface area (Å²) in [5.41, 5.74) is 0.468. The maximum absolute atomic E-state index is 6.39. The van der Waals surface area contributed by atoms with Gasteiger partial charge in [0.05, 0.1) is 11.2 Å². The highest BCUT2D eigenvalue weighted by molar-refractivity contribution is 6.74. The topological polar surface area (TPSA) is 27.7 Å². The molecule has 1 fully saturated rings. The summed E-state index contributed by atoms with van der Waals surface area (Å²) in [5, 5.41) is 0.182. The zero-order valence-corrected chi connectivity index (χ0v) is 18.3. The molecule has 1 aliphatic rings. The Balaban J connectivity index is 2.10. The highest BCUT2D eigenvalue weighted by Crippen LogP contribution is 2.38. The molecular formula is C20H33BO3Si. The monoisotopic (exact) mass is 360 g/mol. The van der Waals surface area contributed by atoms with Crippen LogP contribution in [0.5, 0.6) is 5.75 Å². The van der Waals surface area contributed by atoms with Gasteiger partial charge >= 0.3 is 7.12 Å². The van der Waals surface area contributed by atoms with Gasteiger partial charge in [0, 0.05) is 0 Å². The number of rotatable bonds is 4. The average molecular weight is 360 g/mol. The molecule has 1 heterocycles. The minimum atomic E-state index is -1.83. The summed E-state index contributed by atoms with van der Waals surface area (Å²) >= 11 is 0. The van der Waals surface area contributed by atoms with Crippen LogP contribution >= 0.6 is 0 Å². The van der Waals surface area contributed by atoms with Crippen LogP contribution in [0.25, 0.3) is 6.08 Å². The first-order chi connectivity index (χ1) is 11.2. The van der Waals surface area contributed by atoms with Gasteiger partial charge in [0.2, 0.25) is 8.32 Å². The van der Waals surface area contributed by atoms with E-state index < -0.39 is 8.32 Å². The van der Waals surface area contributed by atoms with E-state index in [9.17, 15) is 0 Å². The Labute approximate surface area is 155 Å². The fraction of sp³-hybridized carbons (Fsp3) is 0.600. The third-order valence-electron chi connectivity index (χ3n) is 5.75. The third kappa shape index (κ3) is 4.57. The predicted molar refractivity (Wildman–Crippen MR) is 109 cm³/mol. The minimum Gasteiger partial charge on any atom is -0.543 e. The van der Waals surface area contributed by atoms with Crippen LogP contribution < -0.4 is 4.43 Å². The van der Waals surface area contributed by atoms with Crippen molar-refractivity contribution in [3.8, 4) is 5.75 Å². The molecule has 0 bridgehead atoms. The van der Waals surface area contributed by atoms with E-state index in [0.717, 1.165) is 11.3 Å². The molecule has 25 heavy (non-hydrogen) atoms. The van der Waals surface area contributed by atoms with Crippen LogP contribution in [-0.4, -0.2) is 26.6 Å². The Morgan fingerprint density at radius 2 is 1.60 bits per heavy atom. The largest absolute Gasteiger partial charge is 0.543 e. The van der Waals surface area contributed by atoms with E-state index in [1.54, 1.807) is 0 Å². The molecule has 0 amide bonds. The number of hydrogen-bond acceptors (Lipinski definition) is 3. The van der Waals surface area contributed by atoms with Gasteiger partial charge < -0.3 is 13.7 Å². The van der Waals surface area contributed by atoms with E-state index >= 15 is 0 Å². The lowest BCUT2D eigenvalue weighted by Gasteiger charge is -2.36. The van der Waals surface area contributed by atoms with Crippen LogP contribution in [0.15, 0.2) is 30.2 Å². The van der Waals surface area contributed by atoms with Gasteiger partial charge in [-0.25, -0.2) is 0 Å². The van der Waals surface area contributed by atoms with Gasteiger partial charge in [0.1, 0.15) is 5.75 Å². The van der Waals surface area contributed by atoms with E-state index in [-0.39, 0.29) is 23.4 Å². The maximum atomic E-state index is 6.39. The minimum absolute atomic E-state index is 0.182. The molecule has 0 aliphatic carbocycles. The van der Waals surface area contributed by atoms with E-state index in [1.165, 1.54) is 0 Å². The van der Waals surface area contributed by atoms with E-state index in [1.807, 2.05) is 24.2 Å². The fourth-order valence-electron chi connectivity index (χ4n) is 2.29. The lowest BCUT2D eigenvalue weighted by atomic mass is 9.89. The van der Waals surface area contributed by atoms with Crippen molar-refractivity contribution in [2.75, 3.05) is 0 Å². The fourth-order valence-corrected chi connectivity index (χ4v) is 3.31. The zero-order chi connectivity index (χ0) is 19.1. The molecule has 3 nitrogen and oxygen atoms in total. The van der Waals surface area contributed by atoms with Crippen molar-refractivity contribution in [3.63, 3.8) is 0 Å². The molecule has 0 radical (unpaired) electrons. The van der Waals surface area contributed by atoms with E-state index in [2.05, 4.69) is 73.7 Å². The molecule has 5 heteroatoms. The van der Waals surface area contributed by atoms with Gasteiger partial charge in [-0.2, -0.15) is 0 Å². The smallest absolute Gasteiger partial charge is 0.487 e. The highest BCUT2D eigenvalue weighted by atomic mass is 28.4. The lowest BCUT2D eigenvalue weighted by molar-refractivity contribution is 0.00578. The standard InChI is InChI=1S/C20H33BO3Si/c1-18(2,3)25(8,9)22-17-12-10-11-16(15-17)13-14-21-23-19(4,5)20(6,7)24-21/h10-15H,1-9H3/b14-13+. The Bertz CT molecular complexity index is 629. The van der Waals surface area contributed by atoms with Crippen LogP contribution in [-0.2, 0) is 9.31 Å². The van der Waals surface area contributed by atoms with Gasteiger partial charge in [-0.15, -0.1) is 0 Å². The quantitative estimate of drug-likeness (QED) is 0.643. The zero-order valence-electron chi connectivity index (χ0n) is 17.3. The molecule has 0 spiro atoms. The molecule has 0 aromatic heterocycles. The van der Waals surface area contributed by atoms with Crippen LogP contribution in [0, 0.1) is 0 Å².